The molecule has 0 saturated heterocycles. The van der Waals surface area contributed by atoms with E-state index < -0.39 is 0 Å². The molecule has 0 unspecified atom stereocenters. The second-order valence-corrected chi connectivity index (χ2v) is 3.30. The molecule has 0 aliphatic carbocycles. The molecule has 0 aliphatic heterocycles. The number of hydrogen-bond donors (Lipinski definition) is 0. The summed E-state index contributed by atoms with van der Waals surface area (Å²) in [6.07, 6.45) is 3.31. The van der Waals surface area contributed by atoms with Crippen molar-refractivity contribution in [2.75, 3.05) is 25.7 Å². The molecule has 14 heavy (non-hydrogen) atoms. The highest BCUT2D eigenvalue weighted by atomic mass is 35.5. The molecule has 0 fully saturated rings. The van der Waals surface area contributed by atoms with E-state index in [0.29, 0.717) is 32.1 Å². The Morgan fingerprint density at radius 1 is 1.21 bits per heavy atom. The Labute approximate surface area is 90.7 Å². The molecule has 0 aromatic rings. The number of carbonyl (C=O) groups excluding carboxylic acids is 1. The van der Waals surface area contributed by atoms with Gasteiger partial charge in [-0.25, -0.2) is 0 Å². The van der Waals surface area contributed by atoms with Crippen molar-refractivity contribution in [2.45, 2.75) is 32.6 Å². The van der Waals surface area contributed by atoms with Crippen LogP contribution in [0.5, 0.6) is 0 Å². The normalized spacial score (nSPS) is 10.1. The van der Waals surface area contributed by atoms with E-state index in [1.54, 1.807) is 0 Å². The highest BCUT2D eigenvalue weighted by molar-refractivity contribution is 6.17. The van der Waals surface area contributed by atoms with Crippen LogP contribution >= 0.6 is 11.6 Å². The van der Waals surface area contributed by atoms with Gasteiger partial charge in [-0.3, -0.25) is 4.79 Å². The van der Waals surface area contributed by atoms with Crippen LogP contribution in [0.4, 0.5) is 0 Å². The lowest BCUT2D eigenvalue weighted by Gasteiger charge is -2.04. The van der Waals surface area contributed by atoms with E-state index in [4.69, 9.17) is 21.1 Å². The van der Waals surface area contributed by atoms with Crippen LogP contribution in [-0.4, -0.2) is 31.7 Å². The molecular weight excluding hydrogens is 204 g/mol. The first-order chi connectivity index (χ1) is 6.81. The van der Waals surface area contributed by atoms with Gasteiger partial charge in [-0.2, -0.15) is 0 Å². The molecule has 84 valence electrons. The van der Waals surface area contributed by atoms with Crippen molar-refractivity contribution in [3.63, 3.8) is 0 Å². The van der Waals surface area contributed by atoms with E-state index in [2.05, 4.69) is 0 Å². The summed E-state index contributed by atoms with van der Waals surface area (Å²) < 4.78 is 9.96. The molecular formula is C10H19ClO3. The van der Waals surface area contributed by atoms with Crippen molar-refractivity contribution in [2.24, 2.45) is 0 Å². The van der Waals surface area contributed by atoms with Crippen LogP contribution in [0.2, 0.25) is 0 Å². The quantitative estimate of drug-likeness (QED) is 0.341. The van der Waals surface area contributed by atoms with Gasteiger partial charge in [-0.15, -0.1) is 11.6 Å². The molecule has 0 rings (SSSR count). The monoisotopic (exact) mass is 222 g/mol. The Hall–Kier alpha value is -0.280. The molecule has 0 heterocycles. The third-order valence-corrected chi connectivity index (χ3v) is 1.98. The lowest BCUT2D eigenvalue weighted by molar-refractivity contribution is -0.145. The van der Waals surface area contributed by atoms with Gasteiger partial charge in [0, 0.05) is 18.9 Å². The molecule has 0 atom stereocenters. The zero-order valence-electron chi connectivity index (χ0n) is 8.76. The van der Waals surface area contributed by atoms with Gasteiger partial charge < -0.3 is 9.47 Å². The number of halogens is 1. The predicted molar refractivity (Wildman–Crippen MR) is 56.6 cm³/mol. The predicted octanol–water partition coefficient (Wildman–Crippen LogP) is 2.37. The molecule has 3 nitrogen and oxygen atoms in total. The van der Waals surface area contributed by atoms with Crippen LogP contribution in [0.1, 0.15) is 32.6 Å². The maximum atomic E-state index is 11.1. The molecule has 0 bridgehead atoms. The van der Waals surface area contributed by atoms with Gasteiger partial charge >= 0.3 is 5.97 Å². The van der Waals surface area contributed by atoms with Crippen LogP contribution in [0.25, 0.3) is 0 Å². The molecule has 0 radical (unpaired) electrons. The largest absolute Gasteiger partial charge is 0.463 e. The third kappa shape index (κ3) is 9.81. The number of carbonyl (C=O) groups is 1. The van der Waals surface area contributed by atoms with Gasteiger partial charge in [-0.1, -0.05) is 6.42 Å². The van der Waals surface area contributed by atoms with Gasteiger partial charge in [-0.05, 0) is 19.8 Å². The van der Waals surface area contributed by atoms with Gasteiger partial charge in [0.05, 0.1) is 6.61 Å². The van der Waals surface area contributed by atoms with Crippen molar-refractivity contribution < 1.29 is 14.3 Å². The molecule has 4 heteroatoms. The second-order valence-electron chi connectivity index (χ2n) is 2.92. The molecule has 0 spiro atoms. The fourth-order valence-electron chi connectivity index (χ4n) is 0.972. The van der Waals surface area contributed by atoms with Crippen molar-refractivity contribution in [1.82, 2.24) is 0 Å². The molecule has 0 aromatic heterocycles. The molecule has 0 aromatic carbocycles. The number of hydrogen-bond acceptors (Lipinski definition) is 3. The SMILES string of the molecule is CCOCCOC(=O)CCCCCCl. The zero-order chi connectivity index (χ0) is 10.6. The summed E-state index contributed by atoms with van der Waals surface area (Å²) in [5.74, 6) is 0.526. The first-order valence-corrected chi connectivity index (χ1v) is 5.64. The molecule has 0 amide bonds. The number of esters is 1. The summed E-state index contributed by atoms with van der Waals surface area (Å²) in [7, 11) is 0. The van der Waals surface area contributed by atoms with Gasteiger partial charge in [0.15, 0.2) is 0 Å². The average Bonchev–Trinajstić information content (AvgIpc) is 2.19. The second kappa shape index (κ2) is 10.8. The van der Waals surface area contributed by atoms with Gasteiger partial charge in [0.1, 0.15) is 6.61 Å². The van der Waals surface area contributed by atoms with Crippen LogP contribution in [0.15, 0.2) is 0 Å². The number of ether oxygens (including phenoxy) is 2. The van der Waals surface area contributed by atoms with Crippen LogP contribution in [0.3, 0.4) is 0 Å². The fraction of sp³-hybridized carbons (Fsp3) is 0.900. The lowest BCUT2D eigenvalue weighted by Crippen LogP contribution is -2.10. The van der Waals surface area contributed by atoms with E-state index >= 15 is 0 Å². The summed E-state index contributed by atoms with van der Waals surface area (Å²) >= 11 is 5.50. The fourth-order valence-corrected chi connectivity index (χ4v) is 1.16. The minimum absolute atomic E-state index is 0.140. The minimum atomic E-state index is -0.140. The van der Waals surface area contributed by atoms with E-state index in [-0.39, 0.29) is 5.97 Å². The van der Waals surface area contributed by atoms with E-state index in [9.17, 15) is 4.79 Å². The van der Waals surface area contributed by atoms with Gasteiger partial charge in [0.25, 0.3) is 0 Å². The first-order valence-electron chi connectivity index (χ1n) is 5.10. The van der Waals surface area contributed by atoms with Crippen LogP contribution in [0, 0.1) is 0 Å². The Balaban J connectivity index is 3.11. The van der Waals surface area contributed by atoms with E-state index in [1.807, 2.05) is 6.92 Å². The standard InChI is InChI=1S/C10H19ClO3/c1-2-13-8-9-14-10(12)6-4-3-5-7-11/h2-9H2,1H3. The van der Waals surface area contributed by atoms with E-state index in [1.165, 1.54) is 0 Å². The first kappa shape index (κ1) is 13.7. The topological polar surface area (TPSA) is 35.5 Å². The Bertz CT molecular complexity index is 125. The zero-order valence-corrected chi connectivity index (χ0v) is 9.52. The molecule has 0 aliphatic rings. The maximum Gasteiger partial charge on any atom is 0.305 e. The number of rotatable bonds is 9. The highest BCUT2D eigenvalue weighted by Crippen LogP contribution is 2.02. The van der Waals surface area contributed by atoms with Crippen LogP contribution in [-0.2, 0) is 14.3 Å². The van der Waals surface area contributed by atoms with Gasteiger partial charge in [0.2, 0.25) is 0 Å². The lowest BCUT2D eigenvalue weighted by atomic mass is 10.2. The summed E-state index contributed by atoms with van der Waals surface area (Å²) in [4.78, 5) is 11.1. The Kier molecular flexibility index (Phi) is 10.6. The van der Waals surface area contributed by atoms with Crippen molar-refractivity contribution in [1.29, 1.82) is 0 Å². The smallest absolute Gasteiger partial charge is 0.305 e. The molecule has 0 saturated carbocycles. The maximum absolute atomic E-state index is 11.1. The Morgan fingerprint density at radius 2 is 2.00 bits per heavy atom. The van der Waals surface area contributed by atoms with Crippen molar-refractivity contribution >= 4 is 17.6 Å². The highest BCUT2D eigenvalue weighted by Gasteiger charge is 2.01. The van der Waals surface area contributed by atoms with Crippen molar-refractivity contribution in [3.05, 3.63) is 0 Å². The molecule has 0 N–H and O–H groups in total. The third-order valence-electron chi connectivity index (χ3n) is 1.71. The summed E-state index contributed by atoms with van der Waals surface area (Å²) in [6, 6.07) is 0. The minimum Gasteiger partial charge on any atom is -0.463 e. The Morgan fingerprint density at radius 3 is 2.64 bits per heavy atom. The summed E-state index contributed by atoms with van der Waals surface area (Å²) in [5, 5.41) is 0. The number of unbranched alkanes of at least 4 members (excludes halogenated alkanes) is 2. The van der Waals surface area contributed by atoms with Crippen LogP contribution < -0.4 is 0 Å². The summed E-state index contributed by atoms with van der Waals surface area (Å²) in [5.41, 5.74) is 0. The van der Waals surface area contributed by atoms with E-state index in [0.717, 1.165) is 19.3 Å². The summed E-state index contributed by atoms with van der Waals surface area (Å²) in [6.45, 7) is 3.42. The number of alkyl halides is 1. The average molecular weight is 223 g/mol. The van der Waals surface area contributed by atoms with Crippen molar-refractivity contribution in [3.8, 4) is 0 Å².